The highest BCUT2D eigenvalue weighted by atomic mass is 32.1. The standard InChI is InChI=1S/C15H22N2O2S/c1-6-15(5)14(19)17(8-13(18)16-15)10(3)12-7-9(2)20-11(12)4/h7,10H,6,8H2,1-5H3,(H,16,18). The number of thiophene rings is 1. The molecule has 2 amide bonds. The molecule has 0 spiro atoms. The Hall–Kier alpha value is -1.36. The van der Waals surface area contributed by atoms with Gasteiger partial charge in [-0.2, -0.15) is 0 Å². The minimum Gasteiger partial charge on any atom is -0.340 e. The average molecular weight is 294 g/mol. The summed E-state index contributed by atoms with van der Waals surface area (Å²) in [6.07, 6.45) is 0.600. The molecule has 0 radical (unpaired) electrons. The van der Waals surface area contributed by atoms with E-state index in [0.717, 1.165) is 5.56 Å². The van der Waals surface area contributed by atoms with E-state index in [0.29, 0.717) is 6.42 Å². The van der Waals surface area contributed by atoms with Crippen molar-refractivity contribution in [3.05, 3.63) is 21.4 Å². The van der Waals surface area contributed by atoms with Gasteiger partial charge in [-0.15, -0.1) is 11.3 Å². The molecule has 1 fully saturated rings. The molecule has 4 nitrogen and oxygen atoms in total. The van der Waals surface area contributed by atoms with Gasteiger partial charge in [-0.05, 0) is 45.7 Å². The molecule has 1 aliphatic heterocycles. The lowest BCUT2D eigenvalue weighted by Crippen LogP contribution is -2.65. The molecule has 2 heterocycles. The van der Waals surface area contributed by atoms with Crippen molar-refractivity contribution >= 4 is 23.2 Å². The van der Waals surface area contributed by atoms with Gasteiger partial charge in [0.15, 0.2) is 0 Å². The Morgan fingerprint density at radius 1 is 1.45 bits per heavy atom. The molecule has 0 aromatic carbocycles. The zero-order valence-electron chi connectivity index (χ0n) is 12.7. The minimum atomic E-state index is -0.775. The van der Waals surface area contributed by atoms with Gasteiger partial charge in [0.05, 0.1) is 6.04 Å². The van der Waals surface area contributed by atoms with E-state index in [-0.39, 0.29) is 24.4 Å². The summed E-state index contributed by atoms with van der Waals surface area (Å²) in [4.78, 5) is 28.7. The summed E-state index contributed by atoms with van der Waals surface area (Å²) >= 11 is 1.73. The van der Waals surface area contributed by atoms with Crippen molar-refractivity contribution in [1.82, 2.24) is 10.2 Å². The van der Waals surface area contributed by atoms with Crippen LogP contribution in [0.15, 0.2) is 6.07 Å². The van der Waals surface area contributed by atoms with Gasteiger partial charge in [-0.25, -0.2) is 0 Å². The van der Waals surface area contributed by atoms with E-state index < -0.39 is 5.54 Å². The van der Waals surface area contributed by atoms with Gasteiger partial charge < -0.3 is 10.2 Å². The normalized spacial score (nSPS) is 24.8. The molecule has 20 heavy (non-hydrogen) atoms. The molecule has 1 aromatic rings. The molecule has 2 atom stereocenters. The molecule has 2 unspecified atom stereocenters. The second-order valence-electron chi connectivity index (χ2n) is 5.71. The summed E-state index contributed by atoms with van der Waals surface area (Å²) < 4.78 is 0. The first-order chi connectivity index (χ1) is 9.28. The summed E-state index contributed by atoms with van der Waals surface area (Å²) in [6.45, 7) is 10.0. The van der Waals surface area contributed by atoms with E-state index >= 15 is 0 Å². The predicted molar refractivity (Wildman–Crippen MR) is 80.8 cm³/mol. The number of nitrogens with one attached hydrogen (secondary N) is 1. The molecule has 0 bridgehead atoms. The van der Waals surface area contributed by atoms with Gasteiger partial charge in [0.2, 0.25) is 11.8 Å². The van der Waals surface area contributed by atoms with Crippen LogP contribution in [0, 0.1) is 13.8 Å². The lowest BCUT2D eigenvalue weighted by atomic mass is 9.92. The van der Waals surface area contributed by atoms with Crippen molar-refractivity contribution in [3.63, 3.8) is 0 Å². The number of piperazine rings is 1. The third-order valence-corrected chi connectivity index (χ3v) is 5.15. The van der Waals surface area contributed by atoms with Crippen LogP contribution >= 0.6 is 11.3 Å². The molecule has 0 saturated carbocycles. The maximum absolute atomic E-state index is 12.7. The smallest absolute Gasteiger partial charge is 0.248 e. The molecule has 5 heteroatoms. The predicted octanol–water partition coefficient (Wildman–Crippen LogP) is 2.55. The third kappa shape index (κ3) is 2.46. The number of aryl methyl sites for hydroxylation is 2. The number of carbonyl (C=O) groups is 2. The minimum absolute atomic E-state index is 0.00959. The van der Waals surface area contributed by atoms with Crippen LogP contribution in [0.2, 0.25) is 0 Å². The van der Waals surface area contributed by atoms with Crippen LogP contribution in [0.3, 0.4) is 0 Å². The lowest BCUT2D eigenvalue weighted by Gasteiger charge is -2.42. The Kier molecular flexibility index (Phi) is 3.91. The highest BCUT2D eigenvalue weighted by Gasteiger charge is 2.43. The monoisotopic (exact) mass is 294 g/mol. The van der Waals surface area contributed by atoms with E-state index in [1.165, 1.54) is 9.75 Å². The van der Waals surface area contributed by atoms with E-state index in [1.54, 1.807) is 23.2 Å². The second-order valence-corrected chi connectivity index (χ2v) is 7.17. The number of carbonyl (C=O) groups excluding carboxylic acids is 2. The lowest BCUT2D eigenvalue weighted by molar-refractivity contribution is -0.151. The fraction of sp³-hybridized carbons (Fsp3) is 0.600. The van der Waals surface area contributed by atoms with E-state index in [9.17, 15) is 9.59 Å². The summed E-state index contributed by atoms with van der Waals surface area (Å²) in [6, 6.07) is 2.05. The largest absolute Gasteiger partial charge is 0.340 e. The zero-order valence-corrected chi connectivity index (χ0v) is 13.6. The fourth-order valence-corrected chi connectivity index (χ4v) is 3.75. The molecule has 1 aliphatic rings. The fourth-order valence-electron chi connectivity index (χ4n) is 2.73. The van der Waals surface area contributed by atoms with E-state index in [4.69, 9.17) is 0 Å². The van der Waals surface area contributed by atoms with Crippen LogP contribution in [0.5, 0.6) is 0 Å². The molecule has 0 aliphatic carbocycles. The van der Waals surface area contributed by atoms with Gasteiger partial charge >= 0.3 is 0 Å². The Labute approximate surface area is 124 Å². The molecule has 110 valence electrons. The summed E-state index contributed by atoms with van der Waals surface area (Å²) in [5, 5.41) is 2.82. The average Bonchev–Trinajstić information content (AvgIpc) is 2.72. The molecular formula is C15H22N2O2S. The topological polar surface area (TPSA) is 49.4 Å². The van der Waals surface area contributed by atoms with Crippen LogP contribution in [-0.2, 0) is 9.59 Å². The molecule has 1 N–H and O–H groups in total. The van der Waals surface area contributed by atoms with Gasteiger partial charge in [0.25, 0.3) is 0 Å². The van der Waals surface area contributed by atoms with Crippen LogP contribution in [0.4, 0.5) is 0 Å². The van der Waals surface area contributed by atoms with Gasteiger partial charge in [-0.1, -0.05) is 6.92 Å². The van der Waals surface area contributed by atoms with Crippen LogP contribution in [-0.4, -0.2) is 28.8 Å². The Morgan fingerprint density at radius 3 is 2.60 bits per heavy atom. The Morgan fingerprint density at radius 2 is 2.10 bits per heavy atom. The highest BCUT2D eigenvalue weighted by molar-refractivity contribution is 7.12. The number of nitrogens with zero attached hydrogens (tertiary/aromatic N) is 1. The number of amides is 2. The number of hydrogen-bond acceptors (Lipinski definition) is 3. The van der Waals surface area contributed by atoms with Gasteiger partial charge in [-0.3, -0.25) is 9.59 Å². The van der Waals surface area contributed by atoms with Crippen molar-refractivity contribution < 1.29 is 9.59 Å². The van der Waals surface area contributed by atoms with Crippen molar-refractivity contribution in [3.8, 4) is 0 Å². The molecule has 2 rings (SSSR count). The molecule has 1 saturated heterocycles. The molecular weight excluding hydrogens is 272 g/mol. The van der Waals surface area contributed by atoms with Crippen molar-refractivity contribution in [1.29, 1.82) is 0 Å². The van der Waals surface area contributed by atoms with Gasteiger partial charge in [0, 0.05) is 9.75 Å². The first kappa shape index (κ1) is 15.0. The van der Waals surface area contributed by atoms with E-state index in [1.807, 2.05) is 13.8 Å². The summed E-state index contributed by atoms with van der Waals surface area (Å²) in [7, 11) is 0. The van der Waals surface area contributed by atoms with Crippen LogP contribution < -0.4 is 5.32 Å². The van der Waals surface area contributed by atoms with Crippen molar-refractivity contribution in [2.45, 2.75) is 52.6 Å². The van der Waals surface area contributed by atoms with Crippen LogP contribution in [0.1, 0.15) is 48.6 Å². The summed E-state index contributed by atoms with van der Waals surface area (Å²) in [5.41, 5.74) is 0.372. The summed E-state index contributed by atoms with van der Waals surface area (Å²) in [5.74, 6) is -0.0687. The van der Waals surface area contributed by atoms with E-state index in [2.05, 4.69) is 25.2 Å². The number of hydrogen-bond donors (Lipinski definition) is 1. The van der Waals surface area contributed by atoms with Gasteiger partial charge in [0.1, 0.15) is 12.1 Å². The van der Waals surface area contributed by atoms with Crippen molar-refractivity contribution in [2.75, 3.05) is 6.54 Å². The zero-order chi connectivity index (χ0) is 15.1. The first-order valence-electron chi connectivity index (χ1n) is 6.97. The van der Waals surface area contributed by atoms with Crippen LogP contribution in [0.25, 0.3) is 0 Å². The Bertz CT molecular complexity index is 552. The maximum atomic E-state index is 12.7. The quantitative estimate of drug-likeness (QED) is 0.931. The highest BCUT2D eigenvalue weighted by Crippen LogP contribution is 2.32. The Balaban J connectivity index is 2.33. The third-order valence-electron chi connectivity index (χ3n) is 4.17. The molecule has 1 aromatic heterocycles. The first-order valence-corrected chi connectivity index (χ1v) is 7.79. The maximum Gasteiger partial charge on any atom is 0.248 e. The SMILES string of the molecule is CCC1(C)NC(=O)CN(C(C)c2cc(C)sc2C)C1=O. The second kappa shape index (κ2) is 5.20. The van der Waals surface area contributed by atoms with Crippen molar-refractivity contribution in [2.24, 2.45) is 0 Å². The number of rotatable bonds is 3.